The summed E-state index contributed by atoms with van der Waals surface area (Å²) in [6.07, 6.45) is 0. The van der Waals surface area contributed by atoms with Crippen LogP contribution < -0.4 is 4.90 Å². The van der Waals surface area contributed by atoms with E-state index >= 15 is 0 Å². The Hall–Kier alpha value is -2.18. The standard InChI is InChI=1S/C10H9FN2O4/c11-7-1-2-8(9(3-7)13(16)17)12-4-6(5-12)10(14)15/h1-3,6H,4-5H2,(H,14,15). The van der Waals surface area contributed by atoms with Gasteiger partial charge < -0.3 is 10.0 Å². The topological polar surface area (TPSA) is 83.7 Å². The molecule has 17 heavy (non-hydrogen) atoms. The monoisotopic (exact) mass is 240 g/mol. The summed E-state index contributed by atoms with van der Waals surface area (Å²) in [5, 5.41) is 19.4. The van der Waals surface area contributed by atoms with E-state index < -0.39 is 22.6 Å². The van der Waals surface area contributed by atoms with Crippen molar-refractivity contribution in [2.24, 2.45) is 5.92 Å². The fourth-order valence-electron chi connectivity index (χ4n) is 1.74. The van der Waals surface area contributed by atoms with Crippen LogP contribution in [0.3, 0.4) is 0 Å². The lowest BCUT2D eigenvalue weighted by atomic mass is 9.99. The van der Waals surface area contributed by atoms with Crippen LogP contribution in [0.2, 0.25) is 0 Å². The number of nitro groups is 1. The summed E-state index contributed by atoms with van der Waals surface area (Å²) < 4.78 is 12.9. The van der Waals surface area contributed by atoms with E-state index in [1.165, 1.54) is 6.07 Å². The molecule has 1 aliphatic heterocycles. The van der Waals surface area contributed by atoms with Crippen molar-refractivity contribution < 1.29 is 19.2 Å². The molecule has 1 N–H and O–H groups in total. The van der Waals surface area contributed by atoms with Gasteiger partial charge in [-0.1, -0.05) is 0 Å². The number of anilines is 1. The van der Waals surface area contributed by atoms with E-state index in [9.17, 15) is 19.3 Å². The predicted octanol–water partition coefficient (Wildman–Crippen LogP) is 1.25. The first-order chi connectivity index (χ1) is 7.99. The Balaban J connectivity index is 2.23. The largest absolute Gasteiger partial charge is 0.481 e. The molecule has 0 spiro atoms. The van der Waals surface area contributed by atoms with Gasteiger partial charge in [-0.15, -0.1) is 0 Å². The molecule has 0 aliphatic carbocycles. The Kier molecular flexibility index (Phi) is 2.66. The molecular weight excluding hydrogens is 231 g/mol. The van der Waals surface area contributed by atoms with Crippen LogP contribution in [-0.2, 0) is 4.79 Å². The summed E-state index contributed by atoms with van der Waals surface area (Å²) in [6, 6.07) is 3.26. The number of nitro benzene ring substituents is 1. The second-order valence-corrected chi connectivity index (χ2v) is 3.83. The molecule has 90 valence electrons. The summed E-state index contributed by atoms with van der Waals surface area (Å²) in [5.41, 5.74) is -0.0808. The maximum absolute atomic E-state index is 12.9. The van der Waals surface area contributed by atoms with Gasteiger partial charge in [0.15, 0.2) is 0 Å². The van der Waals surface area contributed by atoms with E-state index in [0.717, 1.165) is 12.1 Å². The molecule has 0 atom stereocenters. The van der Waals surface area contributed by atoms with Gasteiger partial charge in [0.25, 0.3) is 5.69 Å². The number of benzene rings is 1. The Bertz CT molecular complexity index is 485. The van der Waals surface area contributed by atoms with E-state index in [-0.39, 0.29) is 24.5 Å². The van der Waals surface area contributed by atoms with Crippen LogP contribution in [0.15, 0.2) is 18.2 Å². The minimum atomic E-state index is -0.925. The van der Waals surface area contributed by atoms with Crippen molar-refractivity contribution in [2.75, 3.05) is 18.0 Å². The van der Waals surface area contributed by atoms with Crippen molar-refractivity contribution in [3.63, 3.8) is 0 Å². The fraction of sp³-hybridized carbons (Fsp3) is 0.300. The number of hydrogen-bond acceptors (Lipinski definition) is 4. The zero-order chi connectivity index (χ0) is 12.6. The van der Waals surface area contributed by atoms with E-state index in [0.29, 0.717) is 0 Å². The number of rotatable bonds is 3. The molecule has 6 nitrogen and oxygen atoms in total. The maximum atomic E-state index is 12.9. The van der Waals surface area contributed by atoms with Gasteiger partial charge >= 0.3 is 5.97 Å². The predicted molar refractivity (Wildman–Crippen MR) is 56.4 cm³/mol. The molecule has 1 saturated heterocycles. The molecule has 0 amide bonds. The normalized spacial score (nSPS) is 15.5. The number of nitrogens with zero attached hydrogens (tertiary/aromatic N) is 2. The van der Waals surface area contributed by atoms with Gasteiger partial charge in [-0.05, 0) is 12.1 Å². The Morgan fingerprint density at radius 1 is 1.53 bits per heavy atom. The lowest BCUT2D eigenvalue weighted by Gasteiger charge is -2.38. The lowest BCUT2D eigenvalue weighted by molar-refractivity contribution is -0.384. The fourth-order valence-corrected chi connectivity index (χ4v) is 1.74. The third kappa shape index (κ3) is 2.03. The average molecular weight is 240 g/mol. The first-order valence-corrected chi connectivity index (χ1v) is 4.90. The number of carbonyl (C=O) groups is 1. The molecule has 1 aromatic rings. The van der Waals surface area contributed by atoms with Gasteiger partial charge in [-0.3, -0.25) is 14.9 Å². The summed E-state index contributed by atoms with van der Waals surface area (Å²) in [7, 11) is 0. The van der Waals surface area contributed by atoms with Crippen LogP contribution >= 0.6 is 0 Å². The van der Waals surface area contributed by atoms with Crippen molar-refractivity contribution in [1.29, 1.82) is 0 Å². The minimum absolute atomic E-state index is 0.210. The zero-order valence-corrected chi connectivity index (χ0v) is 8.67. The molecule has 0 saturated carbocycles. The Labute approximate surface area is 95.4 Å². The lowest BCUT2D eigenvalue weighted by Crippen LogP contribution is -2.50. The molecule has 0 radical (unpaired) electrons. The second kappa shape index (κ2) is 4.00. The molecule has 2 rings (SSSR count). The molecule has 0 bridgehead atoms. The first-order valence-electron chi connectivity index (χ1n) is 4.90. The van der Waals surface area contributed by atoms with Gasteiger partial charge in [-0.2, -0.15) is 0 Å². The number of aliphatic carboxylic acids is 1. The van der Waals surface area contributed by atoms with Crippen LogP contribution in [0.25, 0.3) is 0 Å². The number of carboxylic acids is 1. The maximum Gasteiger partial charge on any atom is 0.310 e. The van der Waals surface area contributed by atoms with E-state index in [1.807, 2.05) is 0 Å². The Morgan fingerprint density at radius 3 is 2.71 bits per heavy atom. The third-order valence-corrected chi connectivity index (χ3v) is 2.71. The van der Waals surface area contributed by atoms with Crippen molar-refractivity contribution in [1.82, 2.24) is 0 Å². The highest BCUT2D eigenvalue weighted by Gasteiger charge is 2.35. The highest BCUT2D eigenvalue weighted by Crippen LogP contribution is 2.33. The Morgan fingerprint density at radius 2 is 2.18 bits per heavy atom. The smallest absolute Gasteiger partial charge is 0.310 e. The van der Waals surface area contributed by atoms with Crippen molar-refractivity contribution >= 4 is 17.3 Å². The number of halogens is 1. The van der Waals surface area contributed by atoms with Crippen LogP contribution in [-0.4, -0.2) is 29.1 Å². The van der Waals surface area contributed by atoms with Crippen LogP contribution in [0.1, 0.15) is 0 Å². The van der Waals surface area contributed by atoms with Gasteiger partial charge in [0.05, 0.1) is 16.9 Å². The summed E-state index contributed by atoms with van der Waals surface area (Å²) in [4.78, 5) is 22.2. The summed E-state index contributed by atoms with van der Waals surface area (Å²) in [6.45, 7) is 0.420. The van der Waals surface area contributed by atoms with Crippen LogP contribution in [0.4, 0.5) is 15.8 Å². The van der Waals surface area contributed by atoms with Gasteiger partial charge in [-0.25, -0.2) is 4.39 Å². The van der Waals surface area contributed by atoms with Gasteiger partial charge in [0.2, 0.25) is 0 Å². The van der Waals surface area contributed by atoms with E-state index in [1.54, 1.807) is 4.90 Å². The molecule has 1 aromatic carbocycles. The quantitative estimate of drug-likeness (QED) is 0.635. The van der Waals surface area contributed by atoms with Gasteiger partial charge in [0, 0.05) is 13.1 Å². The van der Waals surface area contributed by atoms with Crippen molar-refractivity contribution in [3.8, 4) is 0 Å². The van der Waals surface area contributed by atoms with E-state index in [2.05, 4.69) is 0 Å². The van der Waals surface area contributed by atoms with Crippen molar-refractivity contribution in [3.05, 3.63) is 34.1 Å². The first kappa shape index (κ1) is 11.3. The van der Waals surface area contributed by atoms with Crippen LogP contribution in [0.5, 0.6) is 0 Å². The highest BCUT2D eigenvalue weighted by atomic mass is 19.1. The number of carboxylic acid groups (broad SMARTS) is 1. The zero-order valence-electron chi connectivity index (χ0n) is 8.67. The van der Waals surface area contributed by atoms with Crippen molar-refractivity contribution in [2.45, 2.75) is 0 Å². The minimum Gasteiger partial charge on any atom is -0.481 e. The second-order valence-electron chi connectivity index (χ2n) is 3.83. The number of hydrogen-bond donors (Lipinski definition) is 1. The molecule has 0 aromatic heterocycles. The highest BCUT2D eigenvalue weighted by molar-refractivity contribution is 5.76. The molecule has 0 unspecified atom stereocenters. The van der Waals surface area contributed by atoms with Gasteiger partial charge in [0.1, 0.15) is 11.5 Å². The third-order valence-electron chi connectivity index (χ3n) is 2.71. The van der Waals surface area contributed by atoms with E-state index in [4.69, 9.17) is 5.11 Å². The summed E-state index contributed by atoms with van der Waals surface area (Å²) in [5.74, 6) is -2.12. The van der Waals surface area contributed by atoms with Crippen LogP contribution in [0, 0.1) is 21.8 Å². The summed E-state index contributed by atoms with van der Waals surface area (Å²) >= 11 is 0. The molecule has 1 heterocycles. The average Bonchev–Trinajstić information content (AvgIpc) is 2.16. The molecule has 7 heteroatoms. The molecule has 1 fully saturated rings. The SMILES string of the molecule is O=C(O)C1CN(c2ccc(F)cc2[N+](=O)[O-])C1. The molecular formula is C10H9FN2O4. The molecule has 1 aliphatic rings.